The Morgan fingerprint density at radius 2 is 1.85 bits per heavy atom. The molecule has 3 rings (SSSR count). The van der Waals surface area contributed by atoms with Crippen LogP contribution in [-0.4, -0.2) is 62.8 Å². The first-order valence-electron chi connectivity index (χ1n) is 9.62. The van der Waals surface area contributed by atoms with Crippen molar-refractivity contribution < 1.29 is 23.8 Å². The number of carbonyl (C=O) groups is 2. The van der Waals surface area contributed by atoms with Gasteiger partial charge in [-0.15, -0.1) is 0 Å². The summed E-state index contributed by atoms with van der Waals surface area (Å²) in [5.74, 6) is 1.60. The molecule has 7 heteroatoms. The zero-order valence-electron chi connectivity index (χ0n) is 15.8. The molecule has 2 heterocycles. The summed E-state index contributed by atoms with van der Waals surface area (Å²) in [6, 6.07) is 7.34. The molecule has 0 aromatic heterocycles. The number of nitrogens with zero attached hydrogens (tertiary/aromatic N) is 1. The summed E-state index contributed by atoms with van der Waals surface area (Å²) in [4.78, 5) is 26.5. The third-order valence-corrected chi connectivity index (χ3v) is 5.11. The SMILES string of the molecule is COc1ccc(OCCNC(=O)C2CCN(C(=O)C3CCCO3)CC2)cc1. The van der Waals surface area contributed by atoms with Crippen LogP contribution < -0.4 is 14.8 Å². The lowest BCUT2D eigenvalue weighted by atomic mass is 9.95. The summed E-state index contributed by atoms with van der Waals surface area (Å²) in [5, 5.41) is 2.93. The topological polar surface area (TPSA) is 77.1 Å². The molecular weight excluding hydrogens is 348 g/mol. The molecule has 2 fully saturated rings. The first-order chi connectivity index (χ1) is 13.2. The minimum absolute atomic E-state index is 0.0394. The highest BCUT2D eigenvalue weighted by Gasteiger charge is 2.32. The fourth-order valence-electron chi connectivity index (χ4n) is 3.50. The summed E-state index contributed by atoms with van der Waals surface area (Å²) in [7, 11) is 1.62. The largest absolute Gasteiger partial charge is 0.497 e. The molecule has 1 aromatic rings. The Morgan fingerprint density at radius 1 is 1.15 bits per heavy atom. The van der Waals surface area contributed by atoms with Crippen LogP contribution in [0.4, 0.5) is 0 Å². The van der Waals surface area contributed by atoms with E-state index in [1.54, 1.807) is 7.11 Å². The highest BCUT2D eigenvalue weighted by molar-refractivity contribution is 5.82. The van der Waals surface area contributed by atoms with E-state index < -0.39 is 0 Å². The van der Waals surface area contributed by atoms with Crippen LogP contribution in [0.3, 0.4) is 0 Å². The predicted molar refractivity (Wildman–Crippen MR) is 99.8 cm³/mol. The summed E-state index contributed by atoms with van der Waals surface area (Å²) in [5.41, 5.74) is 0. The number of likely N-dealkylation sites (tertiary alicyclic amines) is 1. The Labute approximate surface area is 160 Å². The average molecular weight is 376 g/mol. The zero-order chi connectivity index (χ0) is 19.1. The van der Waals surface area contributed by atoms with Gasteiger partial charge in [-0.2, -0.15) is 0 Å². The minimum atomic E-state index is -0.273. The van der Waals surface area contributed by atoms with E-state index in [4.69, 9.17) is 14.2 Å². The van der Waals surface area contributed by atoms with Gasteiger partial charge in [0, 0.05) is 25.6 Å². The van der Waals surface area contributed by atoms with Gasteiger partial charge in [-0.3, -0.25) is 9.59 Å². The van der Waals surface area contributed by atoms with Gasteiger partial charge < -0.3 is 24.4 Å². The lowest BCUT2D eigenvalue weighted by molar-refractivity contribution is -0.143. The van der Waals surface area contributed by atoms with E-state index in [-0.39, 0.29) is 23.8 Å². The number of benzene rings is 1. The van der Waals surface area contributed by atoms with Crippen LogP contribution in [0.25, 0.3) is 0 Å². The first kappa shape index (κ1) is 19.5. The number of ether oxygens (including phenoxy) is 3. The minimum Gasteiger partial charge on any atom is -0.497 e. The quantitative estimate of drug-likeness (QED) is 0.732. The van der Waals surface area contributed by atoms with Crippen molar-refractivity contribution >= 4 is 11.8 Å². The summed E-state index contributed by atoms with van der Waals surface area (Å²) < 4.78 is 16.2. The van der Waals surface area contributed by atoms with Crippen molar-refractivity contribution in [3.05, 3.63) is 24.3 Å². The molecule has 0 saturated carbocycles. The van der Waals surface area contributed by atoms with Crippen molar-refractivity contribution in [1.29, 1.82) is 0 Å². The maximum absolute atomic E-state index is 12.3. The molecule has 2 amide bonds. The van der Waals surface area contributed by atoms with Gasteiger partial charge in [-0.25, -0.2) is 0 Å². The molecule has 2 aliphatic rings. The van der Waals surface area contributed by atoms with Crippen LogP contribution in [0.1, 0.15) is 25.7 Å². The van der Waals surface area contributed by atoms with E-state index in [0.29, 0.717) is 45.7 Å². The highest BCUT2D eigenvalue weighted by Crippen LogP contribution is 2.21. The molecule has 1 N–H and O–H groups in total. The molecule has 1 unspecified atom stereocenters. The van der Waals surface area contributed by atoms with Crippen LogP contribution >= 0.6 is 0 Å². The monoisotopic (exact) mass is 376 g/mol. The molecule has 0 bridgehead atoms. The maximum Gasteiger partial charge on any atom is 0.251 e. The molecule has 7 nitrogen and oxygen atoms in total. The Kier molecular flexibility index (Phi) is 6.92. The van der Waals surface area contributed by atoms with Gasteiger partial charge in [-0.05, 0) is 49.9 Å². The Balaban J connectivity index is 1.32. The number of methoxy groups -OCH3 is 1. The van der Waals surface area contributed by atoms with E-state index in [1.807, 2.05) is 29.2 Å². The molecular formula is C20H28N2O5. The van der Waals surface area contributed by atoms with Crippen LogP contribution in [-0.2, 0) is 14.3 Å². The van der Waals surface area contributed by atoms with E-state index >= 15 is 0 Å². The van der Waals surface area contributed by atoms with E-state index in [1.165, 1.54) is 0 Å². The van der Waals surface area contributed by atoms with E-state index in [2.05, 4.69) is 5.32 Å². The van der Waals surface area contributed by atoms with Crippen molar-refractivity contribution in [2.75, 3.05) is 40.0 Å². The van der Waals surface area contributed by atoms with Gasteiger partial charge >= 0.3 is 0 Å². The van der Waals surface area contributed by atoms with Gasteiger partial charge in [0.1, 0.15) is 24.2 Å². The van der Waals surface area contributed by atoms with Crippen molar-refractivity contribution in [2.24, 2.45) is 5.92 Å². The van der Waals surface area contributed by atoms with Crippen LogP contribution in [0.5, 0.6) is 11.5 Å². The third kappa shape index (κ3) is 5.35. The highest BCUT2D eigenvalue weighted by atomic mass is 16.5. The Morgan fingerprint density at radius 3 is 2.48 bits per heavy atom. The first-order valence-corrected chi connectivity index (χ1v) is 9.62. The summed E-state index contributed by atoms with van der Waals surface area (Å²) >= 11 is 0. The van der Waals surface area contributed by atoms with Crippen LogP contribution in [0, 0.1) is 5.92 Å². The van der Waals surface area contributed by atoms with Crippen LogP contribution in [0.2, 0.25) is 0 Å². The summed E-state index contributed by atoms with van der Waals surface area (Å²) in [6.45, 7) is 2.79. The number of hydrogen-bond acceptors (Lipinski definition) is 5. The number of piperidine rings is 1. The average Bonchev–Trinajstić information content (AvgIpc) is 3.26. The van der Waals surface area contributed by atoms with Gasteiger partial charge in [0.2, 0.25) is 5.91 Å². The van der Waals surface area contributed by atoms with Crippen molar-refractivity contribution in [2.45, 2.75) is 31.8 Å². The fraction of sp³-hybridized carbons (Fsp3) is 0.600. The van der Waals surface area contributed by atoms with Crippen molar-refractivity contribution in [3.8, 4) is 11.5 Å². The molecule has 2 saturated heterocycles. The Bertz CT molecular complexity index is 620. The second kappa shape index (κ2) is 9.60. The molecule has 1 atom stereocenters. The van der Waals surface area contributed by atoms with Gasteiger partial charge in [0.15, 0.2) is 0 Å². The standard InChI is InChI=1S/C20H28N2O5/c1-25-16-4-6-17(7-5-16)26-14-10-21-19(23)15-8-11-22(12-9-15)20(24)18-3-2-13-27-18/h4-7,15,18H,2-3,8-14H2,1H3,(H,21,23). The number of rotatable bonds is 7. The zero-order valence-corrected chi connectivity index (χ0v) is 15.8. The third-order valence-electron chi connectivity index (χ3n) is 5.11. The number of hydrogen-bond donors (Lipinski definition) is 1. The summed E-state index contributed by atoms with van der Waals surface area (Å²) in [6.07, 6.45) is 2.89. The second-order valence-electron chi connectivity index (χ2n) is 6.92. The normalized spacial score (nSPS) is 20.3. The number of nitrogens with one attached hydrogen (secondary N) is 1. The predicted octanol–water partition coefficient (Wildman–Crippen LogP) is 1.61. The second-order valence-corrected chi connectivity index (χ2v) is 6.92. The molecule has 1 aromatic carbocycles. The fourth-order valence-corrected chi connectivity index (χ4v) is 3.50. The molecule has 27 heavy (non-hydrogen) atoms. The lowest BCUT2D eigenvalue weighted by Gasteiger charge is -2.32. The molecule has 0 spiro atoms. The maximum atomic E-state index is 12.3. The smallest absolute Gasteiger partial charge is 0.251 e. The van der Waals surface area contributed by atoms with Gasteiger partial charge in [-0.1, -0.05) is 0 Å². The van der Waals surface area contributed by atoms with E-state index in [0.717, 1.165) is 24.3 Å². The number of carbonyl (C=O) groups excluding carboxylic acids is 2. The molecule has 2 aliphatic heterocycles. The molecule has 148 valence electrons. The van der Waals surface area contributed by atoms with Gasteiger partial charge in [0.05, 0.1) is 13.7 Å². The van der Waals surface area contributed by atoms with Gasteiger partial charge in [0.25, 0.3) is 5.91 Å². The molecule has 0 radical (unpaired) electrons. The lowest BCUT2D eigenvalue weighted by Crippen LogP contribution is -2.46. The van der Waals surface area contributed by atoms with Crippen LogP contribution in [0.15, 0.2) is 24.3 Å². The van der Waals surface area contributed by atoms with Crippen molar-refractivity contribution in [3.63, 3.8) is 0 Å². The Hall–Kier alpha value is -2.28. The van der Waals surface area contributed by atoms with E-state index in [9.17, 15) is 9.59 Å². The van der Waals surface area contributed by atoms with Crippen molar-refractivity contribution in [1.82, 2.24) is 10.2 Å². The molecule has 0 aliphatic carbocycles. The number of amides is 2.